The first-order valence-corrected chi connectivity index (χ1v) is 12.4. The number of aromatic nitrogens is 2. The van der Waals surface area contributed by atoms with E-state index in [1.165, 1.54) is 0 Å². The minimum Gasteiger partial charge on any atom is -0.322 e. The summed E-state index contributed by atoms with van der Waals surface area (Å²) in [7, 11) is 0. The van der Waals surface area contributed by atoms with Gasteiger partial charge in [0.05, 0.1) is 5.69 Å². The maximum atomic E-state index is 12.8. The minimum atomic E-state index is -0.247. The molecule has 0 saturated heterocycles. The molecule has 6 heteroatoms. The molecule has 0 saturated carbocycles. The fourth-order valence-corrected chi connectivity index (χ4v) is 4.18. The molecular weight excluding hydrogens is 472 g/mol. The van der Waals surface area contributed by atoms with Gasteiger partial charge in [0.2, 0.25) is 5.69 Å². The van der Waals surface area contributed by atoms with Gasteiger partial charge in [-0.1, -0.05) is 18.2 Å². The summed E-state index contributed by atoms with van der Waals surface area (Å²) >= 11 is 0. The van der Waals surface area contributed by atoms with Gasteiger partial charge in [0.25, 0.3) is 11.8 Å². The van der Waals surface area contributed by atoms with E-state index in [-0.39, 0.29) is 11.8 Å². The topological polar surface area (TPSA) is 75.0 Å². The van der Waals surface area contributed by atoms with Gasteiger partial charge >= 0.3 is 0 Å². The van der Waals surface area contributed by atoms with Crippen molar-refractivity contribution in [2.45, 2.75) is 13.5 Å². The zero-order valence-corrected chi connectivity index (χ0v) is 21.0. The zero-order valence-electron chi connectivity index (χ0n) is 21.0. The first kappa shape index (κ1) is 24.6. The van der Waals surface area contributed by atoms with Crippen LogP contribution in [0.3, 0.4) is 0 Å². The van der Waals surface area contributed by atoms with Crippen LogP contribution < -0.4 is 15.2 Å². The summed E-state index contributed by atoms with van der Waals surface area (Å²) in [6, 6.07) is 33.7. The number of carbonyl (C=O) groups is 2. The van der Waals surface area contributed by atoms with Crippen molar-refractivity contribution in [2.24, 2.45) is 0 Å². The Labute approximate surface area is 221 Å². The maximum absolute atomic E-state index is 12.8. The Kier molecular flexibility index (Phi) is 7.32. The van der Waals surface area contributed by atoms with Crippen molar-refractivity contribution in [1.29, 1.82) is 0 Å². The van der Waals surface area contributed by atoms with E-state index in [0.29, 0.717) is 22.5 Å². The predicted octanol–water partition coefficient (Wildman–Crippen LogP) is 6.23. The van der Waals surface area contributed by atoms with Crippen LogP contribution in [0.4, 0.5) is 11.4 Å². The summed E-state index contributed by atoms with van der Waals surface area (Å²) in [4.78, 5) is 29.8. The van der Waals surface area contributed by atoms with Gasteiger partial charge in [-0.25, -0.2) is 0 Å². The monoisotopic (exact) mass is 499 g/mol. The number of hydrogen-bond donors (Lipinski definition) is 2. The van der Waals surface area contributed by atoms with E-state index in [4.69, 9.17) is 0 Å². The standard InChI is InChI=1S/C32H26N4O2/c1-2-36-22-6-4-8-30(36)24-15-19-28(20-16-24)35-32(38)26-11-9-25(10-12-26)31(37)34-27-17-13-23(14-18-27)29-7-3-5-21-33-29/h3-22H,2H2,1H3,(H,33,34,37)/p+1. The largest absolute Gasteiger partial charge is 0.322 e. The average molecular weight is 500 g/mol. The van der Waals surface area contributed by atoms with Gasteiger partial charge in [0.15, 0.2) is 6.20 Å². The maximum Gasteiger partial charge on any atom is 0.255 e. The summed E-state index contributed by atoms with van der Waals surface area (Å²) in [5.74, 6) is -0.485. The molecule has 0 fully saturated rings. The number of amides is 2. The highest BCUT2D eigenvalue weighted by molar-refractivity contribution is 6.07. The van der Waals surface area contributed by atoms with Crippen molar-refractivity contribution in [1.82, 2.24) is 4.98 Å². The van der Waals surface area contributed by atoms with E-state index in [2.05, 4.69) is 33.2 Å². The van der Waals surface area contributed by atoms with Crippen molar-refractivity contribution in [3.05, 3.63) is 133 Å². The Balaban J connectivity index is 1.20. The summed E-state index contributed by atoms with van der Waals surface area (Å²) in [5.41, 5.74) is 6.35. The lowest BCUT2D eigenvalue weighted by Crippen LogP contribution is -2.34. The van der Waals surface area contributed by atoms with E-state index >= 15 is 0 Å². The Morgan fingerprint density at radius 2 is 1.21 bits per heavy atom. The fourth-order valence-electron chi connectivity index (χ4n) is 4.18. The number of aryl methyl sites for hydroxylation is 1. The number of nitrogens with one attached hydrogen (secondary N) is 2. The summed E-state index contributed by atoms with van der Waals surface area (Å²) in [5, 5.41) is 5.81. The molecule has 0 aliphatic rings. The van der Waals surface area contributed by atoms with E-state index in [0.717, 1.165) is 29.1 Å². The molecule has 3 aromatic carbocycles. The third-order valence-electron chi connectivity index (χ3n) is 6.23. The Morgan fingerprint density at radius 3 is 1.74 bits per heavy atom. The van der Waals surface area contributed by atoms with Crippen molar-refractivity contribution >= 4 is 23.2 Å². The Bertz CT molecular complexity index is 1550. The van der Waals surface area contributed by atoms with Gasteiger partial charge in [0.1, 0.15) is 6.54 Å². The normalized spacial score (nSPS) is 10.6. The smallest absolute Gasteiger partial charge is 0.255 e. The number of pyridine rings is 2. The molecular formula is C32H27N4O2+. The lowest BCUT2D eigenvalue weighted by atomic mass is 10.1. The van der Waals surface area contributed by atoms with Gasteiger partial charge in [-0.15, -0.1) is 0 Å². The SMILES string of the molecule is CC[n+]1ccccc1-c1ccc(NC(=O)c2ccc(C(=O)Nc3ccc(-c4ccccn4)cc3)cc2)cc1. The minimum absolute atomic E-state index is 0.238. The first-order chi connectivity index (χ1) is 18.6. The highest BCUT2D eigenvalue weighted by atomic mass is 16.2. The zero-order chi connectivity index (χ0) is 26.3. The van der Waals surface area contributed by atoms with Gasteiger partial charge in [-0.2, -0.15) is 4.57 Å². The molecule has 186 valence electrons. The van der Waals surface area contributed by atoms with Crippen LogP contribution in [0.1, 0.15) is 27.6 Å². The van der Waals surface area contributed by atoms with Crippen molar-refractivity contribution < 1.29 is 14.2 Å². The number of benzene rings is 3. The number of rotatable bonds is 7. The summed E-state index contributed by atoms with van der Waals surface area (Å²) in [6.45, 7) is 2.98. The van der Waals surface area contributed by atoms with Gasteiger partial charge < -0.3 is 10.6 Å². The molecule has 0 aliphatic carbocycles. The van der Waals surface area contributed by atoms with Crippen LogP contribution in [0.2, 0.25) is 0 Å². The number of hydrogen-bond acceptors (Lipinski definition) is 3. The van der Waals surface area contributed by atoms with Crippen LogP contribution in [-0.2, 0) is 6.54 Å². The molecule has 0 atom stereocenters. The highest BCUT2D eigenvalue weighted by Gasteiger charge is 2.12. The van der Waals surface area contributed by atoms with Crippen LogP contribution in [0, 0.1) is 0 Å². The third kappa shape index (κ3) is 5.65. The van der Waals surface area contributed by atoms with Crippen molar-refractivity contribution in [2.75, 3.05) is 10.6 Å². The van der Waals surface area contributed by atoms with E-state index in [1.54, 1.807) is 30.5 Å². The van der Waals surface area contributed by atoms with Crippen molar-refractivity contribution in [3.8, 4) is 22.5 Å². The second-order valence-corrected chi connectivity index (χ2v) is 8.73. The molecule has 0 spiro atoms. The number of carbonyl (C=O) groups excluding carboxylic acids is 2. The predicted molar refractivity (Wildman–Crippen MR) is 150 cm³/mol. The van der Waals surface area contributed by atoms with Crippen LogP contribution in [0.25, 0.3) is 22.5 Å². The quantitative estimate of drug-likeness (QED) is 0.261. The van der Waals surface area contributed by atoms with Gasteiger partial charge in [-0.3, -0.25) is 14.6 Å². The van der Waals surface area contributed by atoms with Crippen LogP contribution >= 0.6 is 0 Å². The Morgan fingerprint density at radius 1 is 0.658 bits per heavy atom. The third-order valence-corrected chi connectivity index (χ3v) is 6.23. The van der Waals surface area contributed by atoms with Gasteiger partial charge in [-0.05, 0) is 85.8 Å². The van der Waals surface area contributed by atoms with E-state index < -0.39 is 0 Å². The molecule has 6 nitrogen and oxygen atoms in total. The summed E-state index contributed by atoms with van der Waals surface area (Å²) < 4.78 is 2.17. The molecule has 5 rings (SSSR count). The number of anilines is 2. The Hall–Kier alpha value is -5.10. The molecule has 2 heterocycles. The highest BCUT2D eigenvalue weighted by Crippen LogP contribution is 2.21. The second-order valence-electron chi connectivity index (χ2n) is 8.73. The fraction of sp³-hybridized carbons (Fsp3) is 0.0625. The van der Waals surface area contributed by atoms with Crippen LogP contribution in [0.5, 0.6) is 0 Å². The van der Waals surface area contributed by atoms with Gasteiger partial charge in [0, 0.05) is 52.0 Å². The lowest BCUT2D eigenvalue weighted by Gasteiger charge is -2.09. The molecule has 2 N–H and O–H groups in total. The molecule has 2 amide bonds. The molecule has 0 aliphatic heterocycles. The molecule has 0 unspecified atom stereocenters. The van der Waals surface area contributed by atoms with Crippen molar-refractivity contribution in [3.63, 3.8) is 0 Å². The summed E-state index contributed by atoms with van der Waals surface area (Å²) in [6.07, 6.45) is 3.80. The van der Waals surface area contributed by atoms with Crippen LogP contribution in [0.15, 0.2) is 122 Å². The first-order valence-electron chi connectivity index (χ1n) is 12.4. The van der Waals surface area contributed by atoms with E-state index in [1.807, 2.05) is 85.1 Å². The number of nitrogens with zero attached hydrogens (tertiary/aromatic N) is 2. The average Bonchev–Trinajstić information content (AvgIpc) is 2.98. The molecule has 5 aromatic rings. The second kappa shape index (κ2) is 11.3. The molecule has 0 bridgehead atoms. The van der Waals surface area contributed by atoms with E-state index in [9.17, 15) is 9.59 Å². The van der Waals surface area contributed by atoms with Crippen LogP contribution in [-0.4, -0.2) is 16.8 Å². The lowest BCUT2D eigenvalue weighted by molar-refractivity contribution is -0.682. The molecule has 2 aromatic heterocycles. The molecule has 38 heavy (non-hydrogen) atoms. The molecule has 0 radical (unpaired) electrons.